The molecular weight excluding hydrogens is 261 g/mol. The van der Waals surface area contributed by atoms with Crippen molar-refractivity contribution < 1.29 is 9.90 Å². The average molecular weight is 270 g/mol. The van der Waals surface area contributed by atoms with Gasteiger partial charge in [0.1, 0.15) is 0 Å². The number of rotatable bonds is 3. The van der Waals surface area contributed by atoms with Crippen LogP contribution in [0.3, 0.4) is 0 Å². The molecular formula is C12H9Cl2NO2. The minimum Gasteiger partial charge on any atom is -0.478 e. The Morgan fingerprint density at radius 2 is 2.18 bits per heavy atom. The summed E-state index contributed by atoms with van der Waals surface area (Å²) in [4.78, 5) is 10.4. The molecule has 88 valence electrons. The number of carboxylic acid groups (broad SMARTS) is 1. The van der Waals surface area contributed by atoms with E-state index in [4.69, 9.17) is 28.3 Å². The van der Waals surface area contributed by atoms with E-state index in [-0.39, 0.29) is 0 Å². The highest BCUT2D eigenvalue weighted by molar-refractivity contribution is 6.38. The Balaban J connectivity index is 2.39. The van der Waals surface area contributed by atoms with Crippen LogP contribution >= 0.6 is 23.2 Å². The van der Waals surface area contributed by atoms with E-state index >= 15 is 0 Å². The van der Waals surface area contributed by atoms with Gasteiger partial charge in [0.25, 0.3) is 0 Å². The molecule has 0 aliphatic carbocycles. The zero-order chi connectivity index (χ0) is 12.4. The molecule has 2 aromatic rings. The first-order chi connectivity index (χ1) is 8.08. The van der Waals surface area contributed by atoms with Crippen LogP contribution in [0.2, 0.25) is 10.0 Å². The molecule has 0 unspecified atom stereocenters. The van der Waals surface area contributed by atoms with Crippen molar-refractivity contribution in [2.45, 2.75) is 6.54 Å². The predicted octanol–water partition coefficient (Wildman–Crippen LogP) is 3.59. The highest BCUT2D eigenvalue weighted by Crippen LogP contribution is 2.28. The minimum absolute atomic E-state index is 0.465. The standard InChI is InChI=1S/C12H9Cl2NO2/c13-8-6-10(14)9-3-5-15(11(9)7-8)4-1-2-12(16)17/h1-3,5-7H,4H2,(H,16,17)/b2-1+. The second-order valence-corrected chi connectivity index (χ2v) is 4.37. The number of carbonyl (C=O) groups is 1. The molecule has 2 rings (SSSR count). The summed E-state index contributed by atoms with van der Waals surface area (Å²) in [5, 5.41) is 10.6. The normalized spacial score (nSPS) is 11.4. The van der Waals surface area contributed by atoms with E-state index in [0.29, 0.717) is 16.6 Å². The topological polar surface area (TPSA) is 42.2 Å². The Hall–Kier alpha value is -1.45. The van der Waals surface area contributed by atoms with Gasteiger partial charge >= 0.3 is 5.97 Å². The smallest absolute Gasteiger partial charge is 0.328 e. The first-order valence-electron chi connectivity index (χ1n) is 4.91. The first-order valence-corrected chi connectivity index (χ1v) is 5.67. The lowest BCUT2D eigenvalue weighted by Crippen LogP contribution is -1.94. The van der Waals surface area contributed by atoms with Crippen molar-refractivity contribution in [3.63, 3.8) is 0 Å². The van der Waals surface area contributed by atoms with Gasteiger partial charge in [-0.05, 0) is 18.2 Å². The molecule has 17 heavy (non-hydrogen) atoms. The van der Waals surface area contributed by atoms with E-state index in [2.05, 4.69) is 0 Å². The van der Waals surface area contributed by atoms with Crippen LogP contribution in [0.25, 0.3) is 10.9 Å². The summed E-state index contributed by atoms with van der Waals surface area (Å²) in [5.41, 5.74) is 0.887. The van der Waals surface area contributed by atoms with Gasteiger partial charge in [0.05, 0.1) is 10.5 Å². The second kappa shape index (κ2) is 4.82. The third kappa shape index (κ3) is 2.62. The summed E-state index contributed by atoms with van der Waals surface area (Å²) in [6, 6.07) is 5.36. The zero-order valence-corrected chi connectivity index (χ0v) is 10.2. The maximum absolute atomic E-state index is 10.4. The quantitative estimate of drug-likeness (QED) is 0.866. The molecule has 5 heteroatoms. The van der Waals surface area contributed by atoms with Crippen LogP contribution in [0.15, 0.2) is 36.5 Å². The van der Waals surface area contributed by atoms with E-state index in [1.807, 2.05) is 16.8 Å². The molecule has 0 aliphatic rings. The summed E-state index contributed by atoms with van der Waals surface area (Å²) >= 11 is 12.0. The fourth-order valence-corrected chi connectivity index (χ4v) is 2.19. The van der Waals surface area contributed by atoms with E-state index < -0.39 is 5.97 Å². The summed E-state index contributed by atoms with van der Waals surface area (Å²) in [6.07, 6.45) is 4.52. The second-order valence-electron chi connectivity index (χ2n) is 3.53. The number of allylic oxidation sites excluding steroid dienone is 1. The molecule has 0 radical (unpaired) electrons. The monoisotopic (exact) mass is 269 g/mol. The number of carboxylic acids is 1. The number of benzene rings is 1. The van der Waals surface area contributed by atoms with Gasteiger partial charge in [0, 0.05) is 29.2 Å². The molecule has 0 atom stereocenters. The van der Waals surface area contributed by atoms with Crippen LogP contribution in [-0.2, 0) is 11.3 Å². The van der Waals surface area contributed by atoms with Crippen LogP contribution in [-0.4, -0.2) is 15.6 Å². The molecule has 1 aromatic heterocycles. The van der Waals surface area contributed by atoms with Gasteiger partial charge in [0.2, 0.25) is 0 Å². The van der Waals surface area contributed by atoms with Crippen molar-refractivity contribution in [1.29, 1.82) is 0 Å². The average Bonchev–Trinajstić information content (AvgIpc) is 2.61. The summed E-state index contributed by atoms with van der Waals surface area (Å²) in [6.45, 7) is 0.465. The predicted molar refractivity (Wildman–Crippen MR) is 68.7 cm³/mol. The fourth-order valence-electron chi connectivity index (χ4n) is 1.64. The van der Waals surface area contributed by atoms with Gasteiger partial charge in [0.15, 0.2) is 0 Å². The highest BCUT2D eigenvalue weighted by atomic mass is 35.5. The van der Waals surface area contributed by atoms with Gasteiger partial charge in [-0.2, -0.15) is 0 Å². The molecule has 1 aromatic carbocycles. The van der Waals surface area contributed by atoms with E-state index in [9.17, 15) is 4.79 Å². The molecule has 0 saturated carbocycles. The zero-order valence-electron chi connectivity index (χ0n) is 8.73. The lowest BCUT2D eigenvalue weighted by molar-refractivity contribution is -0.131. The van der Waals surface area contributed by atoms with E-state index in [1.54, 1.807) is 18.2 Å². The lowest BCUT2D eigenvalue weighted by atomic mass is 10.2. The Kier molecular flexibility index (Phi) is 3.41. The minimum atomic E-state index is -0.961. The molecule has 0 aliphatic heterocycles. The molecule has 1 heterocycles. The number of fused-ring (bicyclic) bond motifs is 1. The van der Waals surface area contributed by atoms with Crippen LogP contribution in [0.4, 0.5) is 0 Å². The summed E-state index contributed by atoms with van der Waals surface area (Å²) in [7, 11) is 0. The Labute approximate surface area is 108 Å². The fraction of sp³-hybridized carbons (Fsp3) is 0.0833. The molecule has 0 fully saturated rings. The van der Waals surface area contributed by atoms with Crippen molar-refractivity contribution in [3.05, 3.63) is 46.6 Å². The number of hydrogen-bond acceptors (Lipinski definition) is 1. The van der Waals surface area contributed by atoms with Crippen molar-refractivity contribution in [3.8, 4) is 0 Å². The van der Waals surface area contributed by atoms with Crippen molar-refractivity contribution >= 4 is 40.1 Å². The van der Waals surface area contributed by atoms with Crippen molar-refractivity contribution in [1.82, 2.24) is 4.57 Å². The first kappa shape index (κ1) is 12.0. The maximum atomic E-state index is 10.4. The van der Waals surface area contributed by atoms with Gasteiger partial charge in [-0.25, -0.2) is 4.79 Å². The largest absolute Gasteiger partial charge is 0.478 e. The number of halogens is 2. The van der Waals surface area contributed by atoms with E-state index in [1.165, 1.54) is 0 Å². The van der Waals surface area contributed by atoms with Crippen LogP contribution < -0.4 is 0 Å². The van der Waals surface area contributed by atoms with E-state index in [0.717, 1.165) is 17.0 Å². The highest BCUT2D eigenvalue weighted by Gasteiger charge is 2.05. The SMILES string of the molecule is O=C(O)/C=C/Cn1ccc2c(Cl)cc(Cl)cc21. The molecule has 0 amide bonds. The van der Waals surface area contributed by atoms with Gasteiger partial charge in [-0.15, -0.1) is 0 Å². The molecule has 0 bridgehead atoms. The third-order valence-corrected chi connectivity index (χ3v) is 2.90. The lowest BCUT2D eigenvalue weighted by Gasteiger charge is -2.02. The van der Waals surface area contributed by atoms with Crippen molar-refractivity contribution in [2.24, 2.45) is 0 Å². The van der Waals surface area contributed by atoms with Crippen LogP contribution in [0.5, 0.6) is 0 Å². The van der Waals surface area contributed by atoms with Gasteiger partial charge in [-0.3, -0.25) is 0 Å². The Morgan fingerprint density at radius 1 is 1.41 bits per heavy atom. The number of aliphatic carboxylic acids is 1. The molecule has 3 nitrogen and oxygen atoms in total. The Morgan fingerprint density at radius 3 is 2.88 bits per heavy atom. The summed E-state index contributed by atoms with van der Waals surface area (Å²) in [5.74, 6) is -0.961. The Bertz CT molecular complexity index is 602. The number of nitrogens with zero attached hydrogens (tertiary/aromatic N) is 1. The van der Waals surface area contributed by atoms with Gasteiger partial charge in [-0.1, -0.05) is 29.3 Å². The van der Waals surface area contributed by atoms with Crippen LogP contribution in [0, 0.1) is 0 Å². The molecule has 0 spiro atoms. The van der Waals surface area contributed by atoms with Crippen LogP contribution in [0.1, 0.15) is 0 Å². The number of aromatic nitrogens is 1. The molecule has 0 saturated heterocycles. The number of hydrogen-bond donors (Lipinski definition) is 1. The van der Waals surface area contributed by atoms with Gasteiger partial charge < -0.3 is 9.67 Å². The molecule has 1 N–H and O–H groups in total. The van der Waals surface area contributed by atoms with Crippen molar-refractivity contribution in [2.75, 3.05) is 0 Å². The third-order valence-electron chi connectivity index (χ3n) is 2.37. The maximum Gasteiger partial charge on any atom is 0.328 e. The summed E-state index contributed by atoms with van der Waals surface area (Å²) < 4.78 is 1.88.